The Balaban J connectivity index is 4.30. The highest BCUT2D eigenvalue weighted by Gasteiger charge is 2.23. The average molecular weight is 232 g/mol. The number of amides is 2. The molecule has 16 heavy (non-hydrogen) atoms. The Morgan fingerprint density at radius 2 is 1.94 bits per heavy atom. The molecule has 0 aliphatic heterocycles. The molecule has 0 unspecified atom stereocenters. The SMILES string of the molecule is C[C@@H](O)[C@@H](CC(N)=O)NC(=O)OC(C)(C)C. The number of hydrogen-bond acceptors (Lipinski definition) is 4. The van der Waals surface area contributed by atoms with Crippen molar-refractivity contribution in [3.63, 3.8) is 0 Å². The maximum absolute atomic E-state index is 11.4. The molecular weight excluding hydrogens is 212 g/mol. The standard InChI is InChI=1S/C10H20N2O4/c1-6(13)7(5-8(11)14)12-9(15)16-10(2,3)4/h6-7,13H,5H2,1-4H3,(H2,11,14)(H,12,15)/t6-,7-/m1/s1. The first-order valence-corrected chi connectivity index (χ1v) is 5.07. The van der Waals surface area contributed by atoms with E-state index in [2.05, 4.69) is 5.32 Å². The van der Waals surface area contributed by atoms with Gasteiger partial charge in [-0.2, -0.15) is 0 Å². The monoisotopic (exact) mass is 232 g/mol. The molecule has 0 spiro atoms. The van der Waals surface area contributed by atoms with E-state index in [4.69, 9.17) is 10.5 Å². The molecule has 0 heterocycles. The van der Waals surface area contributed by atoms with E-state index in [1.807, 2.05) is 0 Å². The summed E-state index contributed by atoms with van der Waals surface area (Å²) in [7, 11) is 0. The van der Waals surface area contributed by atoms with E-state index in [1.54, 1.807) is 20.8 Å². The number of rotatable bonds is 4. The molecular formula is C10H20N2O4. The van der Waals surface area contributed by atoms with Crippen molar-refractivity contribution in [2.45, 2.75) is 51.9 Å². The number of nitrogens with one attached hydrogen (secondary N) is 1. The van der Waals surface area contributed by atoms with Crippen LogP contribution in [0.1, 0.15) is 34.1 Å². The third-order valence-corrected chi connectivity index (χ3v) is 1.71. The van der Waals surface area contributed by atoms with Gasteiger partial charge in [-0.3, -0.25) is 4.79 Å². The van der Waals surface area contributed by atoms with Gasteiger partial charge in [-0.05, 0) is 27.7 Å². The Morgan fingerprint density at radius 1 is 1.44 bits per heavy atom. The molecule has 0 saturated heterocycles. The van der Waals surface area contributed by atoms with E-state index in [0.717, 1.165) is 0 Å². The molecule has 2 atom stereocenters. The summed E-state index contributed by atoms with van der Waals surface area (Å²) >= 11 is 0. The normalized spacial score (nSPS) is 15.1. The topological polar surface area (TPSA) is 102 Å². The molecule has 6 nitrogen and oxygen atoms in total. The van der Waals surface area contributed by atoms with Gasteiger partial charge in [0.2, 0.25) is 5.91 Å². The van der Waals surface area contributed by atoms with Crippen molar-refractivity contribution in [1.29, 1.82) is 0 Å². The lowest BCUT2D eigenvalue weighted by Crippen LogP contribution is -2.46. The van der Waals surface area contributed by atoms with Crippen molar-refractivity contribution in [2.75, 3.05) is 0 Å². The minimum Gasteiger partial charge on any atom is -0.444 e. The Morgan fingerprint density at radius 3 is 2.25 bits per heavy atom. The van der Waals surface area contributed by atoms with Crippen LogP contribution in [0.2, 0.25) is 0 Å². The molecule has 0 radical (unpaired) electrons. The molecule has 2 amide bonds. The van der Waals surface area contributed by atoms with Crippen molar-refractivity contribution in [1.82, 2.24) is 5.32 Å². The molecule has 0 bridgehead atoms. The number of carbonyl (C=O) groups is 2. The number of ether oxygens (including phenoxy) is 1. The van der Waals surface area contributed by atoms with Crippen LogP contribution in [0.4, 0.5) is 4.79 Å². The number of primary amides is 1. The molecule has 0 aliphatic carbocycles. The van der Waals surface area contributed by atoms with Crippen LogP contribution in [-0.4, -0.2) is 34.9 Å². The zero-order valence-corrected chi connectivity index (χ0v) is 10.1. The fraction of sp³-hybridized carbons (Fsp3) is 0.800. The Kier molecular flexibility index (Phi) is 5.23. The maximum atomic E-state index is 11.4. The largest absolute Gasteiger partial charge is 0.444 e. The highest BCUT2D eigenvalue weighted by Crippen LogP contribution is 2.08. The highest BCUT2D eigenvalue weighted by atomic mass is 16.6. The van der Waals surface area contributed by atoms with E-state index in [-0.39, 0.29) is 6.42 Å². The van der Waals surface area contributed by atoms with E-state index in [9.17, 15) is 14.7 Å². The lowest BCUT2D eigenvalue weighted by atomic mass is 10.1. The number of aliphatic hydroxyl groups excluding tert-OH is 1. The van der Waals surface area contributed by atoms with Gasteiger partial charge in [0.05, 0.1) is 12.1 Å². The van der Waals surface area contributed by atoms with E-state index in [1.165, 1.54) is 6.92 Å². The highest BCUT2D eigenvalue weighted by molar-refractivity contribution is 5.76. The van der Waals surface area contributed by atoms with Crippen molar-refractivity contribution in [2.24, 2.45) is 5.73 Å². The van der Waals surface area contributed by atoms with Crippen LogP contribution in [-0.2, 0) is 9.53 Å². The molecule has 4 N–H and O–H groups in total. The molecule has 0 aromatic rings. The zero-order chi connectivity index (χ0) is 12.9. The fourth-order valence-electron chi connectivity index (χ4n) is 1.02. The van der Waals surface area contributed by atoms with Crippen molar-refractivity contribution >= 4 is 12.0 Å². The first-order chi connectivity index (χ1) is 7.11. The van der Waals surface area contributed by atoms with Crippen LogP contribution < -0.4 is 11.1 Å². The van der Waals surface area contributed by atoms with Crippen LogP contribution in [0, 0.1) is 0 Å². The van der Waals surface area contributed by atoms with Gasteiger partial charge >= 0.3 is 6.09 Å². The second-order valence-corrected chi connectivity index (χ2v) is 4.66. The minimum atomic E-state index is -0.875. The lowest BCUT2D eigenvalue weighted by Gasteiger charge is -2.24. The number of nitrogens with two attached hydrogens (primary N) is 1. The van der Waals surface area contributed by atoms with Crippen LogP contribution in [0.5, 0.6) is 0 Å². The molecule has 94 valence electrons. The number of aliphatic hydroxyl groups is 1. The predicted octanol–water partition coefficient (Wildman–Crippen LogP) is 0.136. The summed E-state index contributed by atoms with van der Waals surface area (Å²) in [5, 5.41) is 11.7. The van der Waals surface area contributed by atoms with E-state index in [0.29, 0.717) is 0 Å². The van der Waals surface area contributed by atoms with Crippen LogP contribution in [0.3, 0.4) is 0 Å². The maximum Gasteiger partial charge on any atom is 0.407 e. The Bertz CT molecular complexity index is 258. The summed E-state index contributed by atoms with van der Waals surface area (Å²) in [5.41, 5.74) is 4.37. The summed E-state index contributed by atoms with van der Waals surface area (Å²) in [6.45, 7) is 6.62. The molecule has 0 aromatic heterocycles. The zero-order valence-electron chi connectivity index (χ0n) is 10.1. The number of hydrogen-bond donors (Lipinski definition) is 3. The molecule has 0 aromatic carbocycles. The smallest absolute Gasteiger partial charge is 0.407 e. The number of alkyl carbamates (subject to hydrolysis) is 1. The molecule has 0 fully saturated rings. The molecule has 0 rings (SSSR count). The summed E-state index contributed by atoms with van der Waals surface area (Å²) in [6.07, 6.45) is -1.68. The van der Waals surface area contributed by atoms with Crippen LogP contribution in [0.15, 0.2) is 0 Å². The third kappa shape index (κ3) is 7.05. The molecule has 0 aliphatic rings. The first kappa shape index (κ1) is 14.7. The van der Waals surface area contributed by atoms with E-state index < -0.39 is 29.7 Å². The van der Waals surface area contributed by atoms with Gasteiger partial charge in [0.15, 0.2) is 0 Å². The average Bonchev–Trinajstić information content (AvgIpc) is 1.97. The number of carbonyl (C=O) groups excluding carboxylic acids is 2. The first-order valence-electron chi connectivity index (χ1n) is 5.07. The van der Waals surface area contributed by atoms with E-state index >= 15 is 0 Å². The summed E-state index contributed by atoms with van der Waals surface area (Å²) < 4.78 is 4.99. The summed E-state index contributed by atoms with van der Waals surface area (Å²) in [5.74, 6) is -0.595. The minimum absolute atomic E-state index is 0.128. The van der Waals surface area contributed by atoms with Gasteiger partial charge < -0.3 is 20.9 Å². The van der Waals surface area contributed by atoms with Crippen LogP contribution >= 0.6 is 0 Å². The third-order valence-electron chi connectivity index (χ3n) is 1.71. The molecule has 0 saturated carbocycles. The predicted molar refractivity (Wildman–Crippen MR) is 58.6 cm³/mol. The fourth-order valence-corrected chi connectivity index (χ4v) is 1.02. The van der Waals surface area contributed by atoms with Crippen molar-refractivity contribution in [3.8, 4) is 0 Å². The van der Waals surface area contributed by atoms with Gasteiger partial charge in [0.25, 0.3) is 0 Å². The van der Waals surface area contributed by atoms with Crippen molar-refractivity contribution in [3.05, 3.63) is 0 Å². The van der Waals surface area contributed by atoms with Gasteiger partial charge in [-0.25, -0.2) is 4.79 Å². The Hall–Kier alpha value is -1.30. The van der Waals surface area contributed by atoms with Crippen LogP contribution in [0.25, 0.3) is 0 Å². The summed E-state index contributed by atoms with van der Waals surface area (Å²) in [6, 6.07) is -0.729. The lowest BCUT2D eigenvalue weighted by molar-refractivity contribution is -0.119. The van der Waals surface area contributed by atoms with Gasteiger partial charge in [0.1, 0.15) is 5.60 Å². The van der Waals surface area contributed by atoms with Gasteiger partial charge in [-0.1, -0.05) is 0 Å². The Labute approximate surface area is 95.1 Å². The van der Waals surface area contributed by atoms with Crippen molar-refractivity contribution < 1.29 is 19.4 Å². The van der Waals surface area contributed by atoms with Gasteiger partial charge in [0, 0.05) is 6.42 Å². The second-order valence-electron chi connectivity index (χ2n) is 4.66. The second kappa shape index (κ2) is 5.69. The quantitative estimate of drug-likeness (QED) is 0.641. The summed E-state index contributed by atoms with van der Waals surface area (Å²) in [4.78, 5) is 22.1. The molecule has 6 heteroatoms. The van der Waals surface area contributed by atoms with Gasteiger partial charge in [-0.15, -0.1) is 0 Å².